The lowest BCUT2D eigenvalue weighted by Crippen LogP contribution is -2.20. The van der Waals surface area contributed by atoms with E-state index in [0.29, 0.717) is 22.0 Å². The Labute approximate surface area is 133 Å². The molecular formula is C17H18ClNO3. The number of rotatable bonds is 4. The number of aryl methyl sites for hydroxylation is 1. The minimum atomic E-state index is -0.890. The molecule has 0 atom stereocenters. The Morgan fingerprint density at radius 1 is 1.36 bits per heavy atom. The van der Waals surface area contributed by atoms with Gasteiger partial charge in [-0.2, -0.15) is 0 Å². The molecular weight excluding hydrogens is 302 g/mol. The summed E-state index contributed by atoms with van der Waals surface area (Å²) in [6.07, 6.45) is 2.42. The zero-order valence-electron chi connectivity index (χ0n) is 12.6. The van der Waals surface area contributed by atoms with Crippen molar-refractivity contribution in [3.05, 3.63) is 44.2 Å². The number of hydrogen-bond donors (Lipinski definition) is 1. The lowest BCUT2D eigenvalue weighted by atomic mass is 10.0. The highest BCUT2D eigenvalue weighted by Gasteiger charge is 2.28. The maximum atomic E-state index is 12.8. The van der Waals surface area contributed by atoms with Crippen LogP contribution in [0.1, 0.15) is 42.1 Å². The third kappa shape index (κ3) is 2.52. The van der Waals surface area contributed by atoms with Gasteiger partial charge in [0.2, 0.25) is 0 Å². The maximum Gasteiger partial charge on any atom is 0.303 e. The predicted octanol–water partition coefficient (Wildman–Crippen LogP) is 3.62. The molecule has 1 heterocycles. The standard InChI is InChI=1S/C17H18ClNO3/c1-9-7-11(18)8-14-16(9)19(12-3-4-12)10(2)13(17(14)22)5-6-15(20)21/h7-8,12H,3-6H2,1-2H3,(H,20,21). The highest BCUT2D eigenvalue weighted by atomic mass is 35.5. The normalized spacial score (nSPS) is 14.5. The molecule has 1 aliphatic rings. The predicted molar refractivity (Wildman–Crippen MR) is 86.9 cm³/mol. The quantitative estimate of drug-likeness (QED) is 0.936. The zero-order valence-corrected chi connectivity index (χ0v) is 13.4. The van der Waals surface area contributed by atoms with E-state index in [-0.39, 0.29) is 18.3 Å². The Bertz CT molecular complexity index is 834. The summed E-state index contributed by atoms with van der Waals surface area (Å²) in [6.45, 7) is 3.88. The fourth-order valence-corrected chi connectivity index (χ4v) is 3.46. The summed E-state index contributed by atoms with van der Waals surface area (Å²) < 4.78 is 2.21. The lowest BCUT2D eigenvalue weighted by Gasteiger charge is -2.19. The third-order valence-corrected chi connectivity index (χ3v) is 4.54. The van der Waals surface area contributed by atoms with Gasteiger partial charge in [0.05, 0.1) is 5.52 Å². The average Bonchev–Trinajstić information content (AvgIpc) is 3.24. The molecule has 1 aromatic heterocycles. The number of benzene rings is 1. The van der Waals surface area contributed by atoms with Crippen LogP contribution < -0.4 is 5.43 Å². The molecule has 1 fully saturated rings. The largest absolute Gasteiger partial charge is 0.481 e. The van der Waals surface area contributed by atoms with E-state index in [1.54, 1.807) is 6.07 Å². The van der Waals surface area contributed by atoms with E-state index in [0.717, 1.165) is 29.6 Å². The van der Waals surface area contributed by atoms with Crippen molar-refractivity contribution < 1.29 is 9.90 Å². The van der Waals surface area contributed by atoms with Crippen LogP contribution in [0.4, 0.5) is 0 Å². The molecule has 22 heavy (non-hydrogen) atoms. The minimum Gasteiger partial charge on any atom is -0.481 e. The van der Waals surface area contributed by atoms with Crippen LogP contribution >= 0.6 is 11.6 Å². The minimum absolute atomic E-state index is 0.0359. The van der Waals surface area contributed by atoms with Crippen molar-refractivity contribution in [2.75, 3.05) is 0 Å². The van der Waals surface area contributed by atoms with E-state index in [1.165, 1.54) is 0 Å². The van der Waals surface area contributed by atoms with Gasteiger partial charge in [0.15, 0.2) is 5.43 Å². The summed E-state index contributed by atoms with van der Waals surface area (Å²) in [5, 5.41) is 10.1. The summed E-state index contributed by atoms with van der Waals surface area (Å²) >= 11 is 6.12. The van der Waals surface area contributed by atoms with E-state index >= 15 is 0 Å². The molecule has 4 nitrogen and oxygen atoms in total. The van der Waals surface area contributed by atoms with Crippen LogP contribution in [0.15, 0.2) is 16.9 Å². The molecule has 3 rings (SSSR count). The number of hydrogen-bond acceptors (Lipinski definition) is 2. The van der Waals surface area contributed by atoms with E-state index < -0.39 is 5.97 Å². The van der Waals surface area contributed by atoms with Gasteiger partial charge in [0.1, 0.15) is 0 Å². The number of halogens is 1. The molecule has 0 unspecified atom stereocenters. The molecule has 0 saturated heterocycles. The topological polar surface area (TPSA) is 59.3 Å². The fourth-order valence-electron chi connectivity index (χ4n) is 3.18. The van der Waals surface area contributed by atoms with Gasteiger partial charge in [0, 0.05) is 34.1 Å². The van der Waals surface area contributed by atoms with Crippen LogP contribution in [0.5, 0.6) is 0 Å². The molecule has 2 aromatic rings. The Morgan fingerprint density at radius 3 is 2.64 bits per heavy atom. The van der Waals surface area contributed by atoms with Gasteiger partial charge in [-0.25, -0.2) is 0 Å². The van der Waals surface area contributed by atoms with Crippen LogP contribution in [-0.4, -0.2) is 15.6 Å². The second kappa shape index (κ2) is 5.43. The lowest BCUT2D eigenvalue weighted by molar-refractivity contribution is -0.136. The molecule has 1 saturated carbocycles. The molecule has 1 aliphatic carbocycles. The first-order chi connectivity index (χ1) is 10.4. The average molecular weight is 320 g/mol. The van der Waals surface area contributed by atoms with E-state index in [4.69, 9.17) is 16.7 Å². The van der Waals surface area contributed by atoms with Gasteiger partial charge in [0.25, 0.3) is 0 Å². The van der Waals surface area contributed by atoms with Gasteiger partial charge >= 0.3 is 5.97 Å². The van der Waals surface area contributed by atoms with Gasteiger partial charge in [-0.1, -0.05) is 11.6 Å². The number of carboxylic acids is 1. The van der Waals surface area contributed by atoms with E-state index in [2.05, 4.69) is 4.57 Å². The van der Waals surface area contributed by atoms with Crippen LogP contribution in [-0.2, 0) is 11.2 Å². The van der Waals surface area contributed by atoms with Crippen molar-refractivity contribution in [3.8, 4) is 0 Å². The number of nitrogens with zero attached hydrogens (tertiary/aromatic N) is 1. The number of carboxylic acid groups (broad SMARTS) is 1. The van der Waals surface area contributed by atoms with Crippen LogP contribution in [0.3, 0.4) is 0 Å². The molecule has 5 heteroatoms. The number of carbonyl (C=O) groups is 1. The van der Waals surface area contributed by atoms with Crippen LogP contribution in [0, 0.1) is 13.8 Å². The van der Waals surface area contributed by atoms with E-state index in [9.17, 15) is 9.59 Å². The number of aliphatic carboxylic acids is 1. The first kappa shape index (κ1) is 15.1. The molecule has 0 aliphatic heterocycles. The maximum absolute atomic E-state index is 12.8. The highest BCUT2D eigenvalue weighted by molar-refractivity contribution is 6.31. The highest BCUT2D eigenvalue weighted by Crippen LogP contribution is 2.39. The summed E-state index contributed by atoms with van der Waals surface area (Å²) in [4.78, 5) is 23.7. The first-order valence-electron chi connectivity index (χ1n) is 7.45. The first-order valence-corrected chi connectivity index (χ1v) is 7.83. The summed E-state index contributed by atoms with van der Waals surface area (Å²) in [6, 6.07) is 3.99. The molecule has 0 bridgehead atoms. The second-order valence-corrected chi connectivity index (χ2v) is 6.44. The van der Waals surface area contributed by atoms with E-state index in [1.807, 2.05) is 19.9 Å². The van der Waals surface area contributed by atoms with Crippen LogP contribution in [0.2, 0.25) is 5.02 Å². The fraction of sp³-hybridized carbons (Fsp3) is 0.412. The number of aromatic nitrogens is 1. The van der Waals surface area contributed by atoms with Crippen molar-refractivity contribution >= 4 is 28.5 Å². The van der Waals surface area contributed by atoms with Gasteiger partial charge < -0.3 is 9.67 Å². The molecule has 116 valence electrons. The van der Waals surface area contributed by atoms with Crippen molar-refractivity contribution in [2.24, 2.45) is 0 Å². The molecule has 1 aromatic carbocycles. The SMILES string of the molecule is Cc1cc(Cl)cc2c(=O)c(CCC(=O)O)c(C)n(C3CC3)c12. The van der Waals surface area contributed by atoms with Gasteiger partial charge in [-0.05, 0) is 50.8 Å². The van der Waals surface area contributed by atoms with Crippen molar-refractivity contribution in [1.29, 1.82) is 0 Å². The smallest absolute Gasteiger partial charge is 0.303 e. The van der Waals surface area contributed by atoms with Crippen molar-refractivity contribution in [2.45, 2.75) is 45.6 Å². The van der Waals surface area contributed by atoms with Gasteiger partial charge in [-0.3, -0.25) is 9.59 Å². The third-order valence-electron chi connectivity index (χ3n) is 4.32. The number of fused-ring (bicyclic) bond motifs is 1. The van der Waals surface area contributed by atoms with Gasteiger partial charge in [-0.15, -0.1) is 0 Å². The summed E-state index contributed by atoms with van der Waals surface area (Å²) in [7, 11) is 0. The Hall–Kier alpha value is -1.81. The Kier molecular flexibility index (Phi) is 3.73. The zero-order chi connectivity index (χ0) is 16.0. The molecule has 0 amide bonds. The Balaban J connectivity index is 2.33. The summed E-state index contributed by atoms with van der Waals surface area (Å²) in [5.74, 6) is -0.890. The number of pyridine rings is 1. The van der Waals surface area contributed by atoms with Crippen molar-refractivity contribution in [3.63, 3.8) is 0 Å². The van der Waals surface area contributed by atoms with Crippen LogP contribution in [0.25, 0.3) is 10.9 Å². The molecule has 0 radical (unpaired) electrons. The summed E-state index contributed by atoms with van der Waals surface area (Å²) in [5.41, 5.74) is 3.33. The second-order valence-electron chi connectivity index (χ2n) is 6.01. The Morgan fingerprint density at radius 2 is 2.05 bits per heavy atom. The molecule has 0 spiro atoms. The monoisotopic (exact) mass is 319 g/mol. The molecule has 1 N–H and O–H groups in total. The van der Waals surface area contributed by atoms with Crippen molar-refractivity contribution in [1.82, 2.24) is 4.57 Å².